The first-order valence-corrected chi connectivity index (χ1v) is 11.8. The third kappa shape index (κ3) is 9.10. The summed E-state index contributed by atoms with van der Waals surface area (Å²) in [7, 11) is 0. The van der Waals surface area contributed by atoms with Gasteiger partial charge in [0.15, 0.2) is 5.96 Å². The molecule has 28 heavy (non-hydrogen) atoms. The molecule has 0 aliphatic carbocycles. The molecule has 0 aromatic rings. The number of rotatable bonds is 10. The van der Waals surface area contributed by atoms with Crippen molar-refractivity contribution in [3.8, 4) is 0 Å². The van der Waals surface area contributed by atoms with E-state index in [4.69, 9.17) is 9.73 Å². The van der Waals surface area contributed by atoms with E-state index in [1.165, 1.54) is 58.2 Å². The Morgan fingerprint density at radius 3 is 2.32 bits per heavy atom. The normalized spacial score (nSPS) is 21.5. The lowest BCUT2D eigenvalue weighted by molar-refractivity contribution is 0.0372. The number of aliphatic imine (C=N–C) groups is 1. The number of nitrogens with one attached hydrogen (secondary N) is 2. The predicted octanol–water partition coefficient (Wildman–Crippen LogP) is 2.55. The molecule has 2 heterocycles. The Hall–Kier alpha value is -0.850. The van der Waals surface area contributed by atoms with Gasteiger partial charge >= 0.3 is 0 Å². The SMILES string of the molecule is CCNC(=NCC(C(C)C)N1CCCCCC1)NCCCCN1CCOCC1. The Balaban J connectivity index is 1.73. The number of hydrogen-bond donors (Lipinski definition) is 2. The van der Waals surface area contributed by atoms with Gasteiger partial charge in [-0.15, -0.1) is 0 Å². The van der Waals surface area contributed by atoms with Crippen molar-refractivity contribution in [3.05, 3.63) is 0 Å². The van der Waals surface area contributed by atoms with Crippen LogP contribution in [0.5, 0.6) is 0 Å². The highest BCUT2D eigenvalue weighted by Gasteiger charge is 2.22. The smallest absolute Gasteiger partial charge is 0.191 e. The Labute approximate surface area is 173 Å². The predicted molar refractivity (Wildman–Crippen MR) is 119 cm³/mol. The number of nitrogens with zero attached hydrogens (tertiary/aromatic N) is 3. The number of likely N-dealkylation sites (tertiary alicyclic amines) is 1. The van der Waals surface area contributed by atoms with Crippen LogP contribution in [-0.4, -0.2) is 87.4 Å². The maximum atomic E-state index is 5.42. The van der Waals surface area contributed by atoms with Crippen molar-refractivity contribution in [1.82, 2.24) is 20.4 Å². The van der Waals surface area contributed by atoms with Crippen molar-refractivity contribution < 1.29 is 4.74 Å². The summed E-state index contributed by atoms with van der Waals surface area (Å²) in [4.78, 5) is 10.2. The van der Waals surface area contributed by atoms with E-state index >= 15 is 0 Å². The molecule has 2 aliphatic rings. The van der Waals surface area contributed by atoms with Crippen LogP contribution in [0.4, 0.5) is 0 Å². The van der Waals surface area contributed by atoms with Crippen LogP contribution in [0.25, 0.3) is 0 Å². The number of unbranched alkanes of at least 4 members (excludes halogenated alkanes) is 1. The fourth-order valence-electron chi connectivity index (χ4n) is 4.19. The second-order valence-corrected chi connectivity index (χ2v) is 8.57. The van der Waals surface area contributed by atoms with Crippen molar-refractivity contribution in [1.29, 1.82) is 0 Å². The summed E-state index contributed by atoms with van der Waals surface area (Å²) in [6.07, 6.45) is 7.87. The molecular weight excluding hydrogens is 350 g/mol. The van der Waals surface area contributed by atoms with E-state index in [0.717, 1.165) is 51.9 Å². The Bertz CT molecular complexity index is 415. The number of ether oxygens (including phenoxy) is 1. The van der Waals surface area contributed by atoms with E-state index in [2.05, 4.69) is 41.2 Å². The molecule has 1 atom stereocenters. The number of guanidine groups is 1. The molecule has 0 bridgehead atoms. The Morgan fingerprint density at radius 2 is 1.68 bits per heavy atom. The quantitative estimate of drug-likeness (QED) is 0.338. The molecule has 0 radical (unpaired) electrons. The molecule has 0 aromatic carbocycles. The van der Waals surface area contributed by atoms with Crippen LogP contribution in [0.2, 0.25) is 0 Å². The summed E-state index contributed by atoms with van der Waals surface area (Å²) in [6.45, 7) is 17.3. The lowest BCUT2D eigenvalue weighted by atomic mass is 10.0. The van der Waals surface area contributed by atoms with E-state index in [9.17, 15) is 0 Å². The number of morpholine rings is 1. The molecular formula is C22H45N5O. The minimum Gasteiger partial charge on any atom is -0.379 e. The van der Waals surface area contributed by atoms with Crippen molar-refractivity contribution >= 4 is 5.96 Å². The van der Waals surface area contributed by atoms with Gasteiger partial charge in [0.1, 0.15) is 0 Å². The zero-order chi connectivity index (χ0) is 20.0. The highest BCUT2D eigenvalue weighted by molar-refractivity contribution is 5.79. The molecule has 164 valence electrons. The summed E-state index contributed by atoms with van der Waals surface area (Å²) in [5, 5.41) is 6.97. The van der Waals surface area contributed by atoms with E-state index in [0.29, 0.717) is 12.0 Å². The maximum absolute atomic E-state index is 5.42. The molecule has 0 amide bonds. The lowest BCUT2D eigenvalue weighted by Crippen LogP contribution is -2.44. The molecule has 2 saturated heterocycles. The summed E-state index contributed by atoms with van der Waals surface area (Å²) in [6, 6.07) is 0.551. The van der Waals surface area contributed by atoms with Crippen LogP contribution in [0.3, 0.4) is 0 Å². The van der Waals surface area contributed by atoms with Gasteiger partial charge in [-0.2, -0.15) is 0 Å². The van der Waals surface area contributed by atoms with Crippen molar-refractivity contribution in [3.63, 3.8) is 0 Å². The summed E-state index contributed by atoms with van der Waals surface area (Å²) in [5.74, 6) is 1.62. The van der Waals surface area contributed by atoms with Crippen LogP contribution < -0.4 is 10.6 Å². The molecule has 2 rings (SSSR count). The zero-order valence-corrected chi connectivity index (χ0v) is 18.7. The van der Waals surface area contributed by atoms with E-state index in [-0.39, 0.29) is 0 Å². The van der Waals surface area contributed by atoms with Gasteiger partial charge in [0, 0.05) is 32.2 Å². The Morgan fingerprint density at radius 1 is 0.964 bits per heavy atom. The van der Waals surface area contributed by atoms with Gasteiger partial charge in [-0.3, -0.25) is 14.8 Å². The van der Waals surface area contributed by atoms with Gasteiger partial charge in [0.05, 0.1) is 19.8 Å². The summed E-state index contributed by atoms with van der Waals surface area (Å²) >= 11 is 0. The second-order valence-electron chi connectivity index (χ2n) is 8.57. The molecule has 2 fully saturated rings. The van der Waals surface area contributed by atoms with Gasteiger partial charge in [-0.1, -0.05) is 26.7 Å². The third-order valence-corrected chi connectivity index (χ3v) is 5.96. The van der Waals surface area contributed by atoms with Gasteiger partial charge in [0.25, 0.3) is 0 Å². The average Bonchev–Trinajstić information content (AvgIpc) is 2.98. The second kappa shape index (κ2) is 14.2. The molecule has 2 aliphatic heterocycles. The van der Waals surface area contributed by atoms with Gasteiger partial charge < -0.3 is 15.4 Å². The lowest BCUT2D eigenvalue weighted by Gasteiger charge is -2.32. The van der Waals surface area contributed by atoms with E-state index in [1.807, 2.05) is 0 Å². The van der Waals surface area contributed by atoms with Gasteiger partial charge in [-0.05, 0) is 58.2 Å². The van der Waals surface area contributed by atoms with Crippen molar-refractivity contribution in [2.75, 3.05) is 65.6 Å². The molecule has 0 saturated carbocycles. The Kier molecular flexibility index (Phi) is 11.9. The van der Waals surface area contributed by atoms with Crippen LogP contribution in [0, 0.1) is 5.92 Å². The largest absolute Gasteiger partial charge is 0.379 e. The monoisotopic (exact) mass is 395 g/mol. The standard InChI is InChI=1S/C22H45N5O/c1-4-23-22(24-11-7-10-12-26-15-17-28-18-16-26)25-19-21(20(2)3)27-13-8-5-6-9-14-27/h20-21H,4-19H2,1-3H3,(H2,23,24,25). The van der Waals surface area contributed by atoms with E-state index in [1.54, 1.807) is 0 Å². The van der Waals surface area contributed by atoms with Crippen molar-refractivity contribution in [2.45, 2.75) is 65.3 Å². The third-order valence-electron chi connectivity index (χ3n) is 5.96. The zero-order valence-electron chi connectivity index (χ0n) is 18.7. The minimum absolute atomic E-state index is 0.551. The van der Waals surface area contributed by atoms with Crippen LogP contribution >= 0.6 is 0 Å². The van der Waals surface area contributed by atoms with E-state index < -0.39 is 0 Å². The highest BCUT2D eigenvalue weighted by atomic mass is 16.5. The first kappa shape index (κ1) is 23.4. The van der Waals surface area contributed by atoms with Crippen LogP contribution in [0.15, 0.2) is 4.99 Å². The fourth-order valence-corrected chi connectivity index (χ4v) is 4.19. The fraction of sp³-hybridized carbons (Fsp3) is 0.955. The molecule has 6 heteroatoms. The topological polar surface area (TPSA) is 52.1 Å². The summed E-state index contributed by atoms with van der Waals surface area (Å²) < 4.78 is 5.42. The first-order chi connectivity index (χ1) is 13.7. The molecule has 1 unspecified atom stereocenters. The molecule has 0 aromatic heterocycles. The van der Waals surface area contributed by atoms with Crippen LogP contribution in [0.1, 0.15) is 59.3 Å². The highest BCUT2D eigenvalue weighted by Crippen LogP contribution is 2.17. The van der Waals surface area contributed by atoms with Crippen LogP contribution in [-0.2, 0) is 4.74 Å². The van der Waals surface area contributed by atoms with Crippen molar-refractivity contribution in [2.24, 2.45) is 10.9 Å². The summed E-state index contributed by atoms with van der Waals surface area (Å²) in [5.41, 5.74) is 0. The average molecular weight is 396 g/mol. The molecule has 2 N–H and O–H groups in total. The maximum Gasteiger partial charge on any atom is 0.191 e. The molecule has 0 spiro atoms. The van der Waals surface area contributed by atoms with Gasteiger partial charge in [-0.25, -0.2) is 0 Å². The minimum atomic E-state index is 0.551. The molecule has 6 nitrogen and oxygen atoms in total. The van der Waals surface area contributed by atoms with Gasteiger partial charge in [0.2, 0.25) is 0 Å². The number of hydrogen-bond acceptors (Lipinski definition) is 4. The first-order valence-electron chi connectivity index (χ1n) is 11.8.